The number of nitrogens with one attached hydrogen (secondary N) is 1. The number of rotatable bonds is 6. The van der Waals surface area contributed by atoms with Crippen molar-refractivity contribution < 1.29 is 22.9 Å². The lowest BCUT2D eigenvalue weighted by Gasteiger charge is -2.36. The van der Waals surface area contributed by atoms with Crippen LogP contribution in [0.15, 0.2) is 42.7 Å². The fraction of sp³-hybridized carbons (Fsp3) is 0.368. The van der Waals surface area contributed by atoms with E-state index in [2.05, 4.69) is 15.2 Å². The molecule has 3 rings (SSSR count). The molecule has 0 aliphatic carbocycles. The minimum Gasteiger partial charge on any atom is -0.379 e. The molecule has 1 aliphatic heterocycles. The van der Waals surface area contributed by atoms with Crippen LogP contribution in [0.2, 0.25) is 0 Å². The fourth-order valence-corrected chi connectivity index (χ4v) is 3.24. The second kappa shape index (κ2) is 8.97. The Balaban J connectivity index is 1.52. The molecule has 2 aromatic rings. The number of carbonyl (C=O) groups is 1. The second-order valence-electron chi connectivity index (χ2n) is 6.74. The van der Waals surface area contributed by atoms with Crippen LogP contribution in [0.3, 0.4) is 0 Å². The number of alkyl halides is 3. The number of hydrogen-bond donors (Lipinski definition) is 1. The lowest BCUT2D eigenvalue weighted by molar-refractivity contribution is -0.384. The van der Waals surface area contributed by atoms with Gasteiger partial charge in [0.15, 0.2) is 0 Å². The van der Waals surface area contributed by atoms with E-state index < -0.39 is 22.4 Å². The highest BCUT2D eigenvalue weighted by Gasteiger charge is 2.33. The van der Waals surface area contributed by atoms with Crippen molar-refractivity contribution in [1.82, 2.24) is 9.88 Å². The molecule has 1 aromatic heterocycles. The summed E-state index contributed by atoms with van der Waals surface area (Å²) in [6.07, 6.45) is -1.18. The SMILES string of the molecule is O=C(CCNc1ccc(C(F)(F)F)cc1[N+](=O)[O-])N1CCN(c2ccncc2)CC1. The molecule has 0 atom stereocenters. The molecule has 1 fully saturated rings. The highest BCUT2D eigenvalue weighted by molar-refractivity contribution is 5.77. The van der Waals surface area contributed by atoms with E-state index in [9.17, 15) is 28.1 Å². The molecule has 30 heavy (non-hydrogen) atoms. The summed E-state index contributed by atoms with van der Waals surface area (Å²) in [5.41, 5.74) is -0.789. The third-order valence-electron chi connectivity index (χ3n) is 4.84. The van der Waals surface area contributed by atoms with Crippen molar-refractivity contribution in [3.05, 3.63) is 58.4 Å². The van der Waals surface area contributed by atoms with Crippen LogP contribution < -0.4 is 10.2 Å². The zero-order chi connectivity index (χ0) is 21.7. The van der Waals surface area contributed by atoms with Gasteiger partial charge in [-0.15, -0.1) is 0 Å². The van der Waals surface area contributed by atoms with E-state index in [-0.39, 0.29) is 24.6 Å². The zero-order valence-electron chi connectivity index (χ0n) is 15.9. The van der Waals surface area contributed by atoms with Crippen molar-refractivity contribution >= 4 is 23.0 Å². The first-order valence-electron chi connectivity index (χ1n) is 9.28. The molecule has 0 radical (unpaired) electrons. The molecule has 0 bridgehead atoms. The fourth-order valence-electron chi connectivity index (χ4n) is 3.24. The van der Waals surface area contributed by atoms with E-state index in [0.717, 1.165) is 17.8 Å². The molecule has 1 N–H and O–H groups in total. The molecule has 0 spiro atoms. The third kappa shape index (κ3) is 5.16. The molecule has 1 amide bonds. The van der Waals surface area contributed by atoms with E-state index in [1.165, 1.54) is 0 Å². The number of anilines is 2. The first kappa shape index (κ1) is 21.3. The van der Waals surface area contributed by atoms with E-state index in [4.69, 9.17) is 0 Å². The largest absolute Gasteiger partial charge is 0.416 e. The van der Waals surface area contributed by atoms with E-state index in [1.807, 2.05) is 12.1 Å². The zero-order valence-corrected chi connectivity index (χ0v) is 15.9. The van der Waals surface area contributed by atoms with E-state index in [1.54, 1.807) is 17.3 Å². The van der Waals surface area contributed by atoms with Crippen molar-refractivity contribution in [1.29, 1.82) is 0 Å². The van der Waals surface area contributed by atoms with Gasteiger partial charge in [-0.1, -0.05) is 0 Å². The van der Waals surface area contributed by atoms with Crippen molar-refractivity contribution in [2.24, 2.45) is 0 Å². The molecule has 11 heteroatoms. The maximum absolute atomic E-state index is 12.8. The van der Waals surface area contributed by atoms with Crippen LogP contribution in [0.5, 0.6) is 0 Å². The number of aromatic nitrogens is 1. The molecule has 2 heterocycles. The van der Waals surface area contributed by atoms with Gasteiger partial charge in [-0.25, -0.2) is 0 Å². The van der Waals surface area contributed by atoms with Gasteiger partial charge in [-0.05, 0) is 24.3 Å². The number of carbonyl (C=O) groups excluding carboxylic acids is 1. The van der Waals surface area contributed by atoms with Crippen LogP contribution in [0, 0.1) is 10.1 Å². The van der Waals surface area contributed by atoms with Gasteiger partial charge in [-0.2, -0.15) is 13.2 Å². The topological polar surface area (TPSA) is 91.6 Å². The summed E-state index contributed by atoms with van der Waals surface area (Å²) in [7, 11) is 0. The highest BCUT2D eigenvalue weighted by Crippen LogP contribution is 2.34. The quantitative estimate of drug-likeness (QED) is 0.567. The number of benzene rings is 1. The van der Waals surface area contributed by atoms with Gasteiger partial charge >= 0.3 is 6.18 Å². The van der Waals surface area contributed by atoms with E-state index in [0.29, 0.717) is 32.2 Å². The Hall–Kier alpha value is -3.37. The number of amides is 1. The minimum atomic E-state index is -4.67. The Labute approximate surface area is 170 Å². The molecule has 1 saturated heterocycles. The summed E-state index contributed by atoms with van der Waals surface area (Å²) in [5.74, 6) is -0.119. The summed E-state index contributed by atoms with van der Waals surface area (Å²) < 4.78 is 38.3. The number of nitro benzene ring substituents is 1. The van der Waals surface area contributed by atoms with Gasteiger partial charge < -0.3 is 15.1 Å². The molecule has 0 saturated carbocycles. The maximum atomic E-state index is 12.8. The monoisotopic (exact) mass is 423 g/mol. The smallest absolute Gasteiger partial charge is 0.379 e. The number of pyridine rings is 1. The normalized spacial score (nSPS) is 14.5. The number of hydrogen-bond acceptors (Lipinski definition) is 6. The van der Waals surface area contributed by atoms with Gasteiger partial charge in [0.1, 0.15) is 5.69 Å². The number of piperazine rings is 1. The Morgan fingerprint density at radius 2 is 1.80 bits per heavy atom. The Kier molecular flexibility index (Phi) is 6.38. The lowest BCUT2D eigenvalue weighted by Crippen LogP contribution is -2.49. The number of nitro groups is 1. The second-order valence-corrected chi connectivity index (χ2v) is 6.74. The molecule has 8 nitrogen and oxygen atoms in total. The first-order valence-corrected chi connectivity index (χ1v) is 9.28. The van der Waals surface area contributed by atoms with Gasteiger partial charge in [0.2, 0.25) is 5.91 Å². The third-order valence-corrected chi connectivity index (χ3v) is 4.84. The maximum Gasteiger partial charge on any atom is 0.416 e. The molecule has 0 unspecified atom stereocenters. The van der Waals surface area contributed by atoms with Gasteiger partial charge in [0.05, 0.1) is 10.5 Å². The summed E-state index contributed by atoms with van der Waals surface area (Å²) in [6, 6.07) is 6.08. The molecular formula is C19H20F3N5O3. The van der Waals surface area contributed by atoms with Crippen LogP contribution >= 0.6 is 0 Å². The van der Waals surface area contributed by atoms with Crippen LogP contribution in [0.1, 0.15) is 12.0 Å². The van der Waals surface area contributed by atoms with E-state index >= 15 is 0 Å². The van der Waals surface area contributed by atoms with Crippen LogP contribution in [0.4, 0.5) is 30.2 Å². The van der Waals surface area contributed by atoms with Crippen molar-refractivity contribution in [3.63, 3.8) is 0 Å². The standard InChI is InChI=1S/C19H20F3N5O3/c20-19(21,22)14-1-2-16(17(13-14)27(29)30)24-8-5-18(28)26-11-9-25(10-12-26)15-3-6-23-7-4-15/h1-4,6-7,13,24H,5,8-12H2. The Morgan fingerprint density at radius 3 is 2.40 bits per heavy atom. The first-order chi connectivity index (χ1) is 14.3. The molecule has 1 aromatic carbocycles. The Bertz CT molecular complexity index is 900. The molecule has 1 aliphatic rings. The van der Waals surface area contributed by atoms with Crippen LogP contribution in [-0.4, -0.2) is 53.4 Å². The van der Waals surface area contributed by atoms with Crippen molar-refractivity contribution in [3.8, 4) is 0 Å². The lowest BCUT2D eigenvalue weighted by atomic mass is 10.1. The summed E-state index contributed by atoms with van der Waals surface area (Å²) in [6.45, 7) is 2.51. The Morgan fingerprint density at radius 1 is 1.13 bits per heavy atom. The summed E-state index contributed by atoms with van der Waals surface area (Å²) >= 11 is 0. The predicted octanol–water partition coefficient (Wildman–Crippen LogP) is 3.16. The van der Waals surface area contributed by atoms with Gasteiger partial charge in [0, 0.05) is 63.3 Å². The predicted molar refractivity (Wildman–Crippen MR) is 104 cm³/mol. The summed E-state index contributed by atoms with van der Waals surface area (Å²) in [4.78, 5) is 30.5. The average Bonchev–Trinajstić information content (AvgIpc) is 2.73. The minimum absolute atomic E-state index is 0.0525. The molecule has 160 valence electrons. The van der Waals surface area contributed by atoms with Gasteiger partial charge in [-0.3, -0.25) is 19.9 Å². The van der Waals surface area contributed by atoms with Crippen molar-refractivity contribution in [2.45, 2.75) is 12.6 Å². The average molecular weight is 423 g/mol. The van der Waals surface area contributed by atoms with Crippen LogP contribution in [0.25, 0.3) is 0 Å². The van der Waals surface area contributed by atoms with Crippen molar-refractivity contribution in [2.75, 3.05) is 42.9 Å². The highest BCUT2D eigenvalue weighted by atomic mass is 19.4. The van der Waals surface area contributed by atoms with Gasteiger partial charge in [0.25, 0.3) is 5.69 Å². The van der Waals surface area contributed by atoms with Crippen LogP contribution in [-0.2, 0) is 11.0 Å². The molecular weight excluding hydrogens is 403 g/mol. The number of nitrogens with zero attached hydrogens (tertiary/aromatic N) is 4. The number of halogens is 3. The summed E-state index contributed by atoms with van der Waals surface area (Å²) in [5, 5.41) is 13.8.